The number of azo groups is 1. The third-order valence-electron chi connectivity index (χ3n) is 1.69. The average molecular weight is 378 g/mol. The first-order valence-electron chi connectivity index (χ1n) is 5.29. The van der Waals surface area contributed by atoms with Crippen LogP contribution in [0.5, 0.6) is 5.75 Å². The maximum absolute atomic E-state index is 11.1. The van der Waals surface area contributed by atoms with Gasteiger partial charge < -0.3 is 4.74 Å². The number of ether oxygens (including phenoxy) is 1. The molecule has 0 saturated heterocycles. The molecule has 0 spiro atoms. The van der Waals surface area contributed by atoms with Crippen LogP contribution < -0.4 is 4.74 Å². The molecule has 0 aliphatic rings. The van der Waals surface area contributed by atoms with E-state index in [4.69, 9.17) is 4.74 Å². The minimum Gasteiger partial charge on any atom is -0.423 e. The van der Waals surface area contributed by atoms with E-state index in [0.717, 1.165) is 4.47 Å². The van der Waals surface area contributed by atoms with Crippen LogP contribution in [0.4, 0.5) is 5.69 Å². The molecule has 4 nitrogen and oxygen atoms in total. The summed E-state index contributed by atoms with van der Waals surface area (Å²) in [5.74, 6) is -0.0241. The van der Waals surface area contributed by atoms with Crippen molar-refractivity contribution in [3.8, 4) is 5.75 Å². The van der Waals surface area contributed by atoms with Gasteiger partial charge >= 0.3 is 5.97 Å². The van der Waals surface area contributed by atoms with Crippen molar-refractivity contribution < 1.29 is 9.53 Å². The van der Waals surface area contributed by atoms with Crippen molar-refractivity contribution in [2.24, 2.45) is 10.2 Å². The Morgan fingerprint density at radius 2 is 1.89 bits per heavy atom. The Hall–Kier alpha value is -0.750. The fraction of sp³-hybridized carbons (Fsp3) is 0.417. The largest absolute Gasteiger partial charge is 0.423 e. The summed E-state index contributed by atoms with van der Waals surface area (Å²) in [5, 5.41) is 8.31. The van der Waals surface area contributed by atoms with Crippen LogP contribution in [0.25, 0.3) is 0 Å². The van der Waals surface area contributed by atoms with Crippen LogP contribution >= 0.6 is 31.9 Å². The molecular formula is C12H14Br2N2O2. The highest BCUT2D eigenvalue weighted by Gasteiger charge is 2.14. The second-order valence-electron chi connectivity index (χ2n) is 4.70. The van der Waals surface area contributed by atoms with Gasteiger partial charge in [-0.05, 0) is 48.8 Å². The molecule has 1 aromatic rings. The van der Waals surface area contributed by atoms with Gasteiger partial charge in [0, 0.05) is 11.4 Å². The number of rotatable bonds is 2. The lowest BCUT2D eigenvalue weighted by molar-refractivity contribution is -0.131. The maximum atomic E-state index is 11.1. The van der Waals surface area contributed by atoms with Crippen molar-refractivity contribution in [3.05, 3.63) is 21.1 Å². The Balaban J connectivity index is 3.23. The van der Waals surface area contributed by atoms with Gasteiger partial charge in [0.2, 0.25) is 0 Å². The SMILES string of the molecule is CC(=O)Oc1c(Br)cc(Br)cc1N=NC(C)(C)C. The summed E-state index contributed by atoms with van der Waals surface area (Å²) in [7, 11) is 0. The standard InChI is InChI=1S/C12H14Br2N2O2/c1-7(17)18-11-9(14)5-8(13)6-10(11)15-16-12(2,3)4/h5-6H,1-4H3. The van der Waals surface area contributed by atoms with Gasteiger partial charge in [-0.15, -0.1) is 0 Å². The van der Waals surface area contributed by atoms with Crippen molar-refractivity contribution in [2.45, 2.75) is 33.2 Å². The summed E-state index contributed by atoms with van der Waals surface area (Å²) in [6.45, 7) is 7.16. The van der Waals surface area contributed by atoms with Gasteiger partial charge in [0.25, 0.3) is 0 Å². The molecule has 0 unspecified atom stereocenters. The van der Waals surface area contributed by atoms with Gasteiger partial charge in [0.05, 0.1) is 10.0 Å². The van der Waals surface area contributed by atoms with Gasteiger partial charge in [-0.1, -0.05) is 15.9 Å². The molecule has 0 aromatic heterocycles. The topological polar surface area (TPSA) is 51.0 Å². The first-order valence-corrected chi connectivity index (χ1v) is 6.88. The molecule has 0 bridgehead atoms. The number of hydrogen-bond donors (Lipinski definition) is 0. The van der Waals surface area contributed by atoms with Crippen LogP contribution in [-0.4, -0.2) is 11.5 Å². The van der Waals surface area contributed by atoms with E-state index in [2.05, 4.69) is 42.1 Å². The van der Waals surface area contributed by atoms with Crippen molar-refractivity contribution in [1.29, 1.82) is 0 Å². The highest BCUT2D eigenvalue weighted by Crippen LogP contribution is 2.39. The van der Waals surface area contributed by atoms with E-state index < -0.39 is 5.97 Å². The summed E-state index contributed by atoms with van der Waals surface area (Å²) in [6.07, 6.45) is 0. The predicted octanol–water partition coefficient (Wildman–Crippen LogP) is 5.02. The van der Waals surface area contributed by atoms with Crippen LogP contribution in [0.15, 0.2) is 31.3 Å². The summed E-state index contributed by atoms with van der Waals surface area (Å²) in [6, 6.07) is 3.53. The number of carbonyl (C=O) groups is 1. The average Bonchev–Trinajstić information content (AvgIpc) is 2.17. The second kappa shape index (κ2) is 5.93. The maximum Gasteiger partial charge on any atom is 0.308 e. The molecule has 0 amide bonds. The monoisotopic (exact) mass is 376 g/mol. The molecule has 0 heterocycles. The van der Waals surface area contributed by atoms with Crippen molar-refractivity contribution in [2.75, 3.05) is 0 Å². The minimum atomic E-state index is -0.398. The summed E-state index contributed by atoms with van der Waals surface area (Å²) in [4.78, 5) is 11.1. The molecule has 0 atom stereocenters. The van der Waals surface area contributed by atoms with E-state index >= 15 is 0 Å². The van der Waals surface area contributed by atoms with E-state index in [1.165, 1.54) is 6.92 Å². The number of esters is 1. The van der Waals surface area contributed by atoms with E-state index in [9.17, 15) is 4.79 Å². The molecular weight excluding hydrogens is 364 g/mol. The lowest BCUT2D eigenvalue weighted by Gasteiger charge is -2.11. The Bertz CT molecular complexity index is 494. The van der Waals surface area contributed by atoms with Crippen molar-refractivity contribution >= 4 is 43.5 Å². The van der Waals surface area contributed by atoms with E-state index in [-0.39, 0.29) is 5.54 Å². The van der Waals surface area contributed by atoms with Crippen LogP contribution in [0.3, 0.4) is 0 Å². The van der Waals surface area contributed by atoms with Crippen LogP contribution in [0.2, 0.25) is 0 Å². The second-order valence-corrected chi connectivity index (χ2v) is 6.47. The lowest BCUT2D eigenvalue weighted by atomic mass is 10.1. The van der Waals surface area contributed by atoms with Gasteiger partial charge in [0.1, 0.15) is 5.69 Å². The smallest absolute Gasteiger partial charge is 0.308 e. The van der Waals surface area contributed by atoms with E-state index in [0.29, 0.717) is 15.9 Å². The molecule has 0 saturated carbocycles. The number of hydrogen-bond acceptors (Lipinski definition) is 4. The lowest BCUT2D eigenvalue weighted by Crippen LogP contribution is -2.07. The zero-order valence-corrected chi connectivity index (χ0v) is 13.8. The number of benzene rings is 1. The number of halogens is 2. The normalized spacial score (nSPS) is 11.9. The molecule has 0 fully saturated rings. The molecule has 0 N–H and O–H groups in total. The molecule has 0 radical (unpaired) electrons. The highest BCUT2D eigenvalue weighted by molar-refractivity contribution is 9.11. The quantitative estimate of drug-likeness (QED) is 0.412. The Kier molecular flexibility index (Phi) is 5.04. The first-order chi connectivity index (χ1) is 8.19. The zero-order valence-electron chi connectivity index (χ0n) is 10.6. The molecule has 6 heteroatoms. The molecule has 0 aliphatic heterocycles. The Labute approximate surface area is 123 Å². The summed E-state index contributed by atoms with van der Waals surface area (Å²) >= 11 is 6.70. The summed E-state index contributed by atoms with van der Waals surface area (Å²) in [5.41, 5.74) is 0.212. The van der Waals surface area contributed by atoms with Gasteiger partial charge in [-0.3, -0.25) is 4.79 Å². The molecule has 98 valence electrons. The van der Waals surface area contributed by atoms with Crippen molar-refractivity contribution in [1.82, 2.24) is 0 Å². The third kappa shape index (κ3) is 4.86. The van der Waals surface area contributed by atoms with Crippen molar-refractivity contribution in [3.63, 3.8) is 0 Å². The molecule has 1 aromatic carbocycles. The Morgan fingerprint density at radius 3 is 2.39 bits per heavy atom. The summed E-state index contributed by atoms with van der Waals surface area (Å²) < 4.78 is 6.61. The minimum absolute atomic E-state index is 0.289. The Morgan fingerprint density at radius 1 is 1.28 bits per heavy atom. The van der Waals surface area contributed by atoms with Crippen LogP contribution in [0, 0.1) is 0 Å². The van der Waals surface area contributed by atoms with E-state index in [1.54, 1.807) is 12.1 Å². The highest BCUT2D eigenvalue weighted by atomic mass is 79.9. The number of carbonyl (C=O) groups excluding carboxylic acids is 1. The zero-order chi connectivity index (χ0) is 13.9. The number of nitrogens with zero attached hydrogens (tertiary/aromatic N) is 2. The fourth-order valence-electron chi connectivity index (χ4n) is 1.07. The van der Waals surface area contributed by atoms with Gasteiger partial charge in [-0.25, -0.2) is 0 Å². The van der Waals surface area contributed by atoms with Gasteiger partial charge in [0.15, 0.2) is 5.75 Å². The predicted molar refractivity (Wildman–Crippen MR) is 77.4 cm³/mol. The van der Waals surface area contributed by atoms with E-state index in [1.807, 2.05) is 20.8 Å². The van der Waals surface area contributed by atoms with Crippen LogP contribution in [0.1, 0.15) is 27.7 Å². The molecule has 1 rings (SSSR count). The van der Waals surface area contributed by atoms with Gasteiger partial charge in [-0.2, -0.15) is 10.2 Å². The van der Waals surface area contributed by atoms with Crippen LogP contribution in [-0.2, 0) is 4.79 Å². The molecule has 18 heavy (non-hydrogen) atoms. The first kappa shape index (κ1) is 15.3. The third-order valence-corrected chi connectivity index (χ3v) is 2.74. The molecule has 0 aliphatic carbocycles. The fourth-order valence-corrected chi connectivity index (χ4v) is 2.35.